The molecule has 0 unspecified atom stereocenters. The summed E-state index contributed by atoms with van der Waals surface area (Å²) < 4.78 is 4.93. The number of nitrogens with one attached hydrogen (secondary N) is 1. The number of aromatic amines is 1. The van der Waals surface area contributed by atoms with E-state index in [0.717, 1.165) is 5.56 Å². The van der Waals surface area contributed by atoms with Crippen molar-refractivity contribution in [2.45, 2.75) is 0 Å². The summed E-state index contributed by atoms with van der Waals surface area (Å²) in [5.74, 6) is 0.545. The first-order valence-corrected chi connectivity index (χ1v) is 4.36. The molecule has 0 aliphatic rings. The average molecular weight is 203 g/mol. The summed E-state index contributed by atoms with van der Waals surface area (Å²) in [5.41, 5.74) is 1.28. The van der Waals surface area contributed by atoms with Gasteiger partial charge in [-0.3, -0.25) is 4.79 Å². The van der Waals surface area contributed by atoms with E-state index in [1.165, 1.54) is 6.07 Å². The van der Waals surface area contributed by atoms with E-state index in [1.807, 2.05) is 6.07 Å². The van der Waals surface area contributed by atoms with E-state index in [2.05, 4.69) is 15.2 Å². The molecule has 2 rings (SSSR count). The zero-order valence-corrected chi connectivity index (χ0v) is 8.10. The van der Waals surface area contributed by atoms with Crippen molar-refractivity contribution < 1.29 is 4.74 Å². The summed E-state index contributed by atoms with van der Waals surface area (Å²) in [6.07, 6.45) is 1.64. The van der Waals surface area contributed by atoms with Crippen LogP contribution in [0, 0.1) is 0 Å². The number of rotatable bonds is 2. The van der Waals surface area contributed by atoms with Crippen LogP contribution in [0.4, 0.5) is 0 Å². The topological polar surface area (TPSA) is 67.9 Å². The summed E-state index contributed by atoms with van der Waals surface area (Å²) in [4.78, 5) is 14.8. The Balaban J connectivity index is 2.37. The summed E-state index contributed by atoms with van der Waals surface area (Å²) in [6.45, 7) is 0. The highest BCUT2D eigenvalue weighted by Gasteiger charge is 2.00. The van der Waals surface area contributed by atoms with Gasteiger partial charge >= 0.3 is 0 Å². The monoisotopic (exact) mass is 203 g/mol. The average Bonchev–Trinajstić information content (AvgIpc) is 2.30. The predicted octanol–water partition coefficient (Wildman–Crippen LogP) is 0.840. The number of pyridine rings is 1. The molecule has 0 atom stereocenters. The fourth-order valence-electron chi connectivity index (χ4n) is 1.16. The second-order valence-electron chi connectivity index (χ2n) is 2.90. The molecular weight excluding hydrogens is 194 g/mol. The third kappa shape index (κ3) is 2.01. The van der Waals surface area contributed by atoms with Gasteiger partial charge in [0.25, 0.3) is 5.56 Å². The maximum atomic E-state index is 10.8. The van der Waals surface area contributed by atoms with Crippen LogP contribution in [0.3, 0.4) is 0 Å². The van der Waals surface area contributed by atoms with Gasteiger partial charge < -0.3 is 4.74 Å². The van der Waals surface area contributed by atoms with Gasteiger partial charge in [-0.2, -0.15) is 5.10 Å². The quantitative estimate of drug-likeness (QED) is 0.785. The van der Waals surface area contributed by atoms with Crippen LogP contribution < -0.4 is 10.3 Å². The second-order valence-corrected chi connectivity index (χ2v) is 2.90. The lowest BCUT2D eigenvalue weighted by molar-refractivity contribution is 0.398. The van der Waals surface area contributed by atoms with Gasteiger partial charge in [0.15, 0.2) is 0 Å². The van der Waals surface area contributed by atoms with E-state index in [0.29, 0.717) is 11.6 Å². The molecule has 15 heavy (non-hydrogen) atoms. The molecule has 0 amide bonds. The van der Waals surface area contributed by atoms with E-state index in [9.17, 15) is 4.79 Å². The molecule has 0 fully saturated rings. The number of aromatic nitrogens is 3. The highest BCUT2D eigenvalue weighted by Crippen LogP contribution is 2.15. The van der Waals surface area contributed by atoms with Crippen molar-refractivity contribution in [3.05, 3.63) is 40.8 Å². The molecule has 1 N–H and O–H groups in total. The molecule has 0 bridgehead atoms. The maximum Gasteiger partial charge on any atom is 0.264 e. The fraction of sp³-hybridized carbons (Fsp3) is 0.100. The molecule has 0 radical (unpaired) electrons. The van der Waals surface area contributed by atoms with Gasteiger partial charge in [-0.05, 0) is 12.1 Å². The number of hydrogen-bond acceptors (Lipinski definition) is 4. The molecule has 0 saturated carbocycles. The van der Waals surface area contributed by atoms with Gasteiger partial charge in [-0.25, -0.2) is 10.1 Å². The third-order valence-electron chi connectivity index (χ3n) is 1.92. The standard InChI is InChI=1S/C10H9N3O2/c1-15-10-5-2-7(6-11-10)8-3-4-9(14)13-12-8/h2-6H,1H3,(H,13,14). The van der Waals surface area contributed by atoms with Crippen molar-refractivity contribution in [1.29, 1.82) is 0 Å². The van der Waals surface area contributed by atoms with E-state index in [-0.39, 0.29) is 5.56 Å². The van der Waals surface area contributed by atoms with Crippen LogP contribution in [0.25, 0.3) is 11.3 Å². The molecule has 2 aromatic heterocycles. The van der Waals surface area contributed by atoms with Crippen molar-refractivity contribution in [3.8, 4) is 17.1 Å². The molecule has 0 aliphatic carbocycles. The van der Waals surface area contributed by atoms with Crippen molar-refractivity contribution in [3.63, 3.8) is 0 Å². The summed E-state index contributed by atoms with van der Waals surface area (Å²) in [5, 5.41) is 6.25. The van der Waals surface area contributed by atoms with Crippen molar-refractivity contribution in [2.75, 3.05) is 7.11 Å². The largest absolute Gasteiger partial charge is 0.481 e. The Kier molecular flexibility index (Phi) is 2.45. The van der Waals surface area contributed by atoms with E-state index in [4.69, 9.17) is 4.74 Å². The van der Waals surface area contributed by atoms with Crippen LogP contribution in [0.1, 0.15) is 0 Å². The highest BCUT2D eigenvalue weighted by molar-refractivity contribution is 5.57. The molecule has 5 heteroatoms. The molecule has 0 aromatic carbocycles. The lowest BCUT2D eigenvalue weighted by Crippen LogP contribution is -2.05. The smallest absolute Gasteiger partial charge is 0.264 e. The molecule has 0 saturated heterocycles. The Morgan fingerprint density at radius 1 is 1.27 bits per heavy atom. The highest BCUT2D eigenvalue weighted by atomic mass is 16.5. The fourth-order valence-corrected chi connectivity index (χ4v) is 1.16. The van der Waals surface area contributed by atoms with Crippen LogP contribution in [0.2, 0.25) is 0 Å². The molecule has 0 aliphatic heterocycles. The molecular formula is C10H9N3O2. The number of hydrogen-bond donors (Lipinski definition) is 1. The third-order valence-corrected chi connectivity index (χ3v) is 1.92. The van der Waals surface area contributed by atoms with Crippen LogP contribution in [0.15, 0.2) is 35.3 Å². The summed E-state index contributed by atoms with van der Waals surface area (Å²) >= 11 is 0. The first-order valence-electron chi connectivity index (χ1n) is 4.36. The van der Waals surface area contributed by atoms with E-state index in [1.54, 1.807) is 25.4 Å². The van der Waals surface area contributed by atoms with Gasteiger partial charge in [-0.1, -0.05) is 0 Å². The van der Waals surface area contributed by atoms with Crippen LogP contribution in [-0.4, -0.2) is 22.3 Å². The SMILES string of the molecule is COc1ccc(-c2ccc(=O)[nH]n2)cn1. The lowest BCUT2D eigenvalue weighted by atomic mass is 10.2. The molecule has 2 aromatic rings. The van der Waals surface area contributed by atoms with Crippen LogP contribution in [-0.2, 0) is 0 Å². The Hall–Kier alpha value is -2.17. The first kappa shape index (κ1) is 9.39. The number of methoxy groups -OCH3 is 1. The Bertz CT molecular complexity index is 484. The van der Waals surface area contributed by atoms with Crippen LogP contribution >= 0.6 is 0 Å². The zero-order chi connectivity index (χ0) is 10.7. The van der Waals surface area contributed by atoms with Crippen molar-refractivity contribution in [2.24, 2.45) is 0 Å². The molecule has 76 valence electrons. The zero-order valence-electron chi connectivity index (χ0n) is 8.10. The molecule has 0 spiro atoms. The predicted molar refractivity (Wildman–Crippen MR) is 54.6 cm³/mol. The van der Waals surface area contributed by atoms with Crippen LogP contribution in [0.5, 0.6) is 5.88 Å². The van der Waals surface area contributed by atoms with Crippen molar-refractivity contribution in [1.82, 2.24) is 15.2 Å². The summed E-state index contributed by atoms with van der Waals surface area (Å²) in [6, 6.07) is 6.63. The molecule has 5 nitrogen and oxygen atoms in total. The van der Waals surface area contributed by atoms with Gasteiger partial charge in [0.1, 0.15) is 0 Å². The van der Waals surface area contributed by atoms with Gasteiger partial charge in [0.2, 0.25) is 5.88 Å². The van der Waals surface area contributed by atoms with Gasteiger partial charge in [0, 0.05) is 23.9 Å². The number of H-pyrrole nitrogens is 1. The van der Waals surface area contributed by atoms with Gasteiger partial charge in [0.05, 0.1) is 12.8 Å². The Labute approximate surface area is 85.8 Å². The van der Waals surface area contributed by atoms with Crippen molar-refractivity contribution >= 4 is 0 Å². The van der Waals surface area contributed by atoms with Gasteiger partial charge in [-0.15, -0.1) is 0 Å². The normalized spacial score (nSPS) is 9.93. The first-order chi connectivity index (χ1) is 7.29. The molecule has 2 heterocycles. The Morgan fingerprint density at radius 2 is 2.13 bits per heavy atom. The van der Waals surface area contributed by atoms with E-state index >= 15 is 0 Å². The lowest BCUT2D eigenvalue weighted by Gasteiger charge is -2.00. The minimum atomic E-state index is -0.222. The summed E-state index contributed by atoms with van der Waals surface area (Å²) in [7, 11) is 1.56. The van der Waals surface area contributed by atoms with E-state index < -0.39 is 0 Å². The Morgan fingerprint density at radius 3 is 2.67 bits per heavy atom. The minimum absolute atomic E-state index is 0.222. The second kappa shape index (κ2) is 3.91. The number of nitrogens with zero attached hydrogens (tertiary/aromatic N) is 2. The minimum Gasteiger partial charge on any atom is -0.481 e. The maximum absolute atomic E-state index is 10.8. The number of ether oxygens (including phenoxy) is 1.